The van der Waals surface area contributed by atoms with Crippen molar-refractivity contribution in [3.05, 3.63) is 54.2 Å². The van der Waals surface area contributed by atoms with Crippen LogP contribution in [-0.2, 0) is 4.79 Å². The summed E-state index contributed by atoms with van der Waals surface area (Å²) in [6, 6.07) is 14.5. The molecular weight excluding hydrogens is 350 g/mol. The summed E-state index contributed by atoms with van der Waals surface area (Å²) in [5, 5.41) is 14.9. The predicted molar refractivity (Wildman–Crippen MR) is 104 cm³/mol. The first-order chi connectivity index (χ1) is 12.6. The number of hydrogen-bond donors (Lipinski definition) is 2. The first-order valence-electron chi connectivity index (χ1n) is 7.65. The summed E-state index contributed by atoms with van der Waals surface area (Å²) in [7, 11) is 3.04. The molecule has 0 saturated carbocycles. The third-order valence-electron chi connectivity index (χ3n) is 3.46. The minimum Gasteiger partial charge on any atom is -0.493 e. The van der Waals surface area contributed by atoms with Crippen LogP contribution in [0.5, 0.6) is 11.5 Å². The number of methoxy groups -OCH3 is 2. The Morgan fingerprint density at radius 2 is 1.88 bits per heavy atom. The molecule has 2 aromatic rings. The van der Waals surface area contributed by atoms with E-state index in [4.69, 9.17) is 9.47 Å². The van der Waals surface area contributed by atoms with Crippen molar-refractivity contribution in [3.8, 4) is 17.6 Å². The average molecular weight is 369 g/mol. The molecule has 26 heavy (non-hydrogen) atoms. The van der Waals surface area contributed by atoms with E-state index < -0.39 is 5.91 Å². The number of carbonyl (C=O) groups is 1. The monoisotopic (exact) mass is 369 g/mol. The number of hydrogen-bond acceptors (Lipinski definition) is 6. The van der Waals surface area contributed by atoms with Crippen molar-refractivity contribution in [1.29, 1.82) is 5.26 Å². The van der Waals surface area contributed by atoms with Gasteiger partial charge in [-0.2, -0.15) is 5.26 Å². The molecule has 134 valence electrons. The molecule has 0 aromatic heterocycles. The molecule has 0 spiro atoms. The number of benzene rings is 2. The Hall–Kier alpha value is -3.11. The van der Waals surface area contributed by atoms with Crippen LogP contribution < -0.4 is 20.1 Å². The van der Waals surface area contributed by atoms with Gasteiger partial charge in [0.1, 0.15) is 11.6 Å². The first kappa shape index (κ1) is 19.2. The summed E-state index contributed by atoms with van der Waals surface area (Å²) in [6.45, 7) is 0. The van der Waals surface area contributed by atoms with Crippen molar-refractivity contribution in [1.82, 2.24) is 0 Å². The minimum absolute atomic E-state index is 0.0469. The van der Waals surface area contributed by atoms with Crippen LogP contribution in [0.2, 0.25) is 0 Å². The molecule has 0 saturated heterocycles. The number of anilines is 2. The smallest absolute Gasteiger partial charge is 0.267 e. The Labute approximate surface area is 156 Å². The fraction of sp³-hybridized carbons (Fsp3) is 0.158. The summed E-state index contributed by atoms with van der Waals surface area (Å²) in [4.78, 5) is 13.4. The number of ether oxygens (including phenoxy) is 2. The summed E-state index contributed by atoms with van der Waals surface area (Å²) in [6.07, 6.45) is 3.36. The number of amides is 1. The van der Waals surface area contributed by atoms with Crippen molar-refractivity contribution in [2.75, 3.05) is 31.1 Å². The lowest BCUT2D eigenvalue weighted by molar-refractivity contribution is -0.112. The average Bonchev–Trinajstić information content (AvgIpc) is 2.68. The Bertz CT molecular complexity index is 859. The minimum atomic E-state index is -0.520. The number of nitrogens with zero attached hydrogens (tertiary/aromatic N) is 1. The van der Waals surface area contributed by atoms with Gasteiger partial charge in [-0.25, -0.2) is 0 Å². The van der Waals surface area contributed by atoms with Gasteiger partial charge < -0.3 is 20.1 Å². The lowest BCUT2D eigenvalue weighted by Crippen LogP contribution is -2.14. The molecule has 2 rings (SSSR count). The topological polar surface area (TPSA) is 83.4 Å². The Balaban J connectivity index is 2.12. The van der Waals surface area contributed by atoms with Crippen LogP contribution >= 0.6 is 11.8 Å². The third kappa shape index (κ3) is 4.94. The standard InChI is InChI=1S/C19H19N3O3S/c1-24-17-8-7-15(10-18(17)25-2)22-19(23)13(11-20)12-21-14-5-4-6-16(9-14)26-3/h4-10,12,21H,1-3H3,(H,22,23)/b13-12-. The summed E-state index contributed by atoms with van der Waals surface area (Å²) in [5.74, 6) is 0.518. The molecule has 0 heterocycles. The summed E-state index contributed by atoms with van der Waals surface area (Å²) in [5.41, 5.74) is 1.25. The van der Waals surface area contributed by atoms with Gasteiger partial charge >= 0.3 is 0 Å². The van der Waals surface area contributed by atoms with E-state index in [1.165, 1.54) is 20.4 Å². The van der Waals surface area contributed by atoms with E-state index in [-0.39, 0.29) is 5.57 Å². The van der Waals surface area contributed by atoms with E-state index in [1.54, 1.807) is 30.0 Å². The largest absolute Gasteiger partial charge is 0.493 e. The van der Waals surface area contributed by atoms with Gasteiger partial charge in [0.25, 0.3) is 5.91 Å². The maximum Gasteiger partial charge on any atom is 0.267 e. The zero-order chi connectivity index (χ0) is 18.9. The molecule has 0 unspecified atom stereocenters. The van der Waals surface area contributed by atoms with E-state index >= 15 is 0 Å². The number of carbonyl (C=O) groups excluding carboxylic acids is 1. The predicted octanol–water partition coefficient (Wildman–Crippen LogP) is 3.88. The Morgan fingerprint density at radius 1 is 1.12 bits per heavy atom. The Kier molecular flexibility index (Phi) is 6.94. The van der Waals surface area contributed by atoms with Crippen LogP contribution in [0.3, 0.4) is 0 Å². The zero-order valence-electron chi connectivity index (χ0n) is 14.7. The second-order valence-electron chi connectivity index (χ2n) is 5.07. The highest BCUT2D eigenvalue weighted by Gasteiger charge is 2.11. The lowest BCUT2D eigenvalue weighted by atomic mass is 10.2. The van der Waals surface area contributed by atoms with Crippen molar-refractivity contribution >= 4 is 29.0 Å². The molecule has 0 radical (unpaired) electrons. The molecule has 2 aromatic carbocycles. The van der Waals surface area contributed by atoms with Crippen molar-refractivity contribution in [3.63, 3.8) is 0 Å². The van der Waals surface area contributed by atoms with Gasteiger partial charge in [0.05, 0.1) is 14.2 Å². The fourth-order valence-electron chi connectivity index (χ4n) is 2.13. The van der Waals surface area contributed by atoms with E-state index in [0.717, 1.165) is 10.6 Å². The number of rotatable bonds is 7. The van der Waals surface area contributed by atoms with Gasteiger partial charge in [0.15, 0.2) is 11.5 Å². The van der Waals surface area contributed by atoms with Crippen LogP contribution in [0.1, 0.15) is 0 Å². The second kappa shape index (κ2) is 9.39. The van der Waals surface area contributed by atoms with Gasteiger partial charge in [-0.1, -0.05) is 6.07 Å². The number of thioether (sulfide) groups is 1. The molecule has 0 bridgehead atoms. The molecule has 0 aliphatic heterocycles. The van der Waals surface area contributed by atoms with Crippen molar-refractivity contribution < 1.29 is 14.3 Å². The highest BCUT2D eigenvalue weighted by molar-refractivity contribution is 7.98. The third-order valence-corrected chi connectivity index (χ3v) is 4.18. The number of nitrogens with one attached hydrogen (secondary N) is 2. The summed E-state index contributed by atoms with van der Waals surface area (Å²) < 4.78 is 10.4. The van der Waals surface area contributed by atoms with E-state index in [0.29, 0.717) is 17.2 Å². The normalized spacial score (nSPS) is 10.6. The highest BCUT2D eigenvalue weighted by atomic mass is 32.2. The number of nitriles is 1. The lowest BCUT2D eigenvalue weighted by Gasteiger charge is -2.10. The fourth-order valence-corrected chi connectivity index (χ4v) is 2.59. The van der Waals surface area contributed by atoms with E-state index in [2.05, 4.69) is 10.6 Å². The van der Waals surface area contributed by atoms with Crippen LogP contribution in [-0.4, -0.2) is 26.4 Å². The molecule has 0 aliphatic carbocycles. The van der Waals surface area contributed by atoms with E-state index in [1.807, 2.05) is 36.6 Å². The zero-order valence-corrected chi connectivity index (χ0v) is 15.5. The van der Waals surface area contributed by atoms with Gasteiger partial charge in [0, 0.05) is 28.5 Å². The molecule has 6 nitrogen and oxygen atoms in total. The molecule has 2 N–H and O–H groups in total. The van der Waals surface area contributed by atoms with Crippen LogP contribution in [0.4, 0.5) is 11.4 Å². The highest BCUT2D eigenvalue weighted by Crippen LogP contribution is 2.29. The quantitative estimate of drug-likeness (QED) is 0.438. The van der Waals surface area contributed by atoms with Gasteiger partial charge in [-0.05, 0) is 36.6 Å². The van der Waals surface area contributed by atoms with Gasteiger partial charge in [-0.3, -0.25) is 4.79 Å². The second-order valence-corrected chi connectivity index (χ2v) is 5.95. The molecule has 0 aliphatic rings. The SMILES string of the molecule is COc1ccc(NC(=O)/C(C#N)=C\Nc2cccc(SC)c2)cc1OC. The van der Waals surface area contributed by atoms with Crippen LogP contribution in [0.15, 0.2) is 59.1 Å². The van der Waals surface area contributed by atoms with Crippen molar-refractivity contribution in [2.24, 2.45) is 0 Å². The molecule has 1 amide bonds. The van der Waals surface area contributed by atoms with Crippen LogP contribution in [0.25, 0.3) is 0 Å². The first-order valence-corrected chi connectivity index (χ1v) is 8.88. The van der Waals surface area contributed by atoms with Gasteiger partial charge in [-0.15, -0.1) is 11.8 Å². The molecular formula is C19H19N3O3S. The molecule has 7 heteroatoms. The maximum absolute atomic E-state index is 12.3. The van der Waals surface area contributed by atoms with Crippen LogP contribution in [0, 0.1) is 11.3 Å². The molecule has 0 atom stereocenters. The van der Waals surface area contributed by atoms with Crippen molar-refractivity contribution in [2.45, 2.75) is 4.90 Å². The van der Waals surface area contributed by atoms with Gasteiger partial charge in [0.2, 0.25) is 0 Å². The maximum atomic E-state index is 12.3. The van der Waals surface area contributed by atoms with E-state index in [9.17, 15) is 10.1 Å². The Morgan fingerprint density at radius 3 is 2.54 bits per heavy atom. The molecule has 0 fully saturated rings. The summed E-state index contributed by atoms with van der Waals surface area (Å²) >= 11 is 1.61.